The van der Waals surface area contributed by atoms with Gasteiger partial charge in [-0.3, -0.25) is 4.79 Å². The van der Waals surface area contributed by atoms with E-state index in [-0.39, 0.29) is 11.3 Å². The standard InChI is InChI=1S/C13H8Cl3NO/c14-8-5-4-7(6-10(8)16)13(18)12-9(15)2-1-3-11(12)17/h1-6H,17H2. The van der Waals surface area contributed by atoms with Gasteiger partial charge in [-0.15, -0.1) is 0 Å². The minimum Gasteiger partial charge on any atom is -0.398 e. The number of carbonyl (C=O) groups is 1. The van der Waals surface area contributed by atoms with Crippen LogP contribution in [0.1, 0.15) is 15.9 Å². The molecule has 0 atom stereocenters. The van der Waals surface area contributed by atoms with Gasteiger partial charge in [-0.1, -0.05) is 40.9 Å². The molecule has 0 heterocycles. The monoisotopic (exact) mass is 299 g/mol. The summed E-state index contributed by atoms with van der Waals surface area (Å²) >= 11 is 17.7. The third-order valence-electron chi connectivity index (χ3n) is 2.45. The molecule has 0 saturated heterocycles. The lowest BCUT2D eigenvalue weighted by Crippen LogP contribution is -2.06. The van der Waals surface area contributed by atoms with Crippen molar-refractivity contribution in [2.24, 2.45) is 0 Å². The predicted octanol–water partition coefficient (Wildman–Crippen LogP) is 4.46. The van der Waals surface area contributed by atoms with Crippen molar-refractivity contribution in [3.63, 3.8) is 0 Å². The Kier molecular flexibility index (Phi) is 3.81. The van der Waals surface area contributed by atoms with Crippen LogP contribution in [-0.4, -0.2) is 5.78 Å². The summed E-state index contributed by atoms with van der Waals surface area (Å²) in [6.07, 6.45) is 0. The Morgan fingerprint density at radius 3 is 2.28 bits per heavy atom. The molecule has 2 nitrogen and oxygen atoms in total. The van der Waals surface area contributed by atoms with Crippen LogP contribution >= 0.6 is 34.8 Å². The molecule has 0 unspecified atom stereocenters. The van der Waals surface area contributed by atoms with Gasteiger partial charge in [-0.2, -0.15) is 0 Å². The normalized spacial score (nSPS) is 10.4. The molecule has 0 aliphatic heterocycles. The van der Waals surface area contributed by atoms with Gasteiger partial charge in [0.2, 0.25) is 0 Å². The van der Waals surface area contributed by atoms with Gasteiger partial charge in [0, 0.05) is 11.3 Å². The van der Waals surface area contributed by atoms with E-state index in [9.17, 15) is 4.79 Å². The van der Waals surface area contributed by atoms with Crippen LogP contribution in [0.3, 0.4) is 0 Å². The fourth-order valence-corrected chi connectivity index (χ4v) is 2.13. The maximum Gasteiger partial charge on any atom is 0.196 e. The Hall–Kier alpha value is -1.22. The summed E-state index contributed by atoms with van der Waals surface area (Å²) in [4.78, 5) is 12.3. The molecule has 2 aromatic carbocycles. The Morgan fingerprint density at radius 1 is 0.944 bits per heavy atom. The van der Waals surface area contributed by atoms with Gasteiger partial charge in [0.1, 0.15) is 0 Å². The second-order valence-corrected chi connectivity index (χ2v) is 4.88. The second-order valence-electron chi connectivity index (χ2n) is 3.66. The molecular weight excluding hydrogens is 293 g/mol. The molecule has 0 fully saturated rings. The van der Waals surface area contributed by atoms with Crippen molar-refractivity contribution in [2.45, 2.75) is 0 Å². The fourth-order valence-electron chi connectivity index (χ4n) is 1.56. The van der Waals surface area contributed by atoms with Gasteiger partial charge >= 0.3 is 0 Å². The highest BCUT2D eigenvalue weighted by Gasteiger charge is 2.16. The molecule has 0 amide bonds. The molecule has 92 valence electrons. The number of ketones is 1. The van der Waals surface area contributed by atoms with E-state index >= 15 is 0 Å². The minimum atomic E-state index is -0.281. The summed E-state index contributed by atoms with van der Waals surface area (Å²) < 4.78 is 0. The molecule has 18 heavy (non-hydrogen) atoms. The lowest BCUT2D eigenvalue weighted by molar-refractivity contribution is 0.103. The van der Waals surface area contributed by atoms with E-state index in [0.717, 1.165) is 0 Å². The topological polar surface area (TPSA) is 43.1 Å². The Bertz CT molecular complexity index is 605. The zero-order valence-corrected chi connectivity index (χ0v) is 11.4. The molecule has 2 aromatic rings. The largest absolute Gasteiger partial charge is 0.398 e. The Morgan fingerprint density at radius 2 is 1.67 bits per heavy atom. The molecule has 0 aromatic heterocycles. The van der Waals surface area contributed by atoms with E-state index in [0.29, 0.717) is 26.3 Å². The molecule has 0 spiro atoms. The van der Waals surface area contributed by atoms with Crippen molar-refractivity contribution >= 4 is 46.3 Å². The average Bonchev–Trinajstić information content (AvgIpc) is 2.32. The summed E-state index contributed by atoms with van der Waals surface area (Å²) in [6.45, 7) is 0. The first-order valence-corrected chi connectivity index (χ1v) is 6.18. The van der Waals surface area contributed by atoms with Gasteiger partial charge in [0.15, 0.2) is 5.78 Å². The van der Waals surface area contributed by atoms with Gasteiger partial charge in [-0.25, -0.2) is 0 Å². The van der Waals surface area contributed by atoms with Crippen LogP contribution in [0.2, 0.25) is 15.1 Å². The van der Waals surface area contributed by atoms with Crippen LogP contribution in [0.25, 0.3) is 0 Å². The van der Waals surface area contributed by atoms with E-state index in [1.165, 1.54) is 6.07 Å². The number of carbonyl (C=O) groups excluding carboxylic acids is 1. The summed E-state index contributed by atoms with van der Waals surface area (Å²) in [6, 6.07) is 9.56. The highest BCUT2D eigenvalue weighted by molar-refractivity contribution is 6.42. The Balaban J connectivity index is 2.51. The van der Waals surface area contributed by atoms with Gasteiger partial charge in [0.05, 0.1) is 20.6 Å². The highest BCUT2D eigenvalue weighted by Crippen LogP contribution is 2.28. The van der Waals surface area contributed by atoms with Gasteiger partial charge in [0.25, 0.3) is 0 Å². The van der Waals surface area contributed by atoms with Crippen molar-refractivity contribution in [1.29, 1.82) is 0 Å². The molecule has 0 radical (unpaired) electrons. The van der Waals surface area contributed by atoms with Crippen molar-refractivity contribution < 1.29 is 4.79 Å². The summed E-state index contributed by atoms with van der Waals surface area (Å²) in [5.74, 6) is -0.281. The van der Waals surface area contributed by atoms with Crippen molar-refractivity contribution in [3.05, 3.63) is 62.6 Å². The first-order chi connectivity index (χ1) is 8.50. The summed E-state index contributed by atoms with van der Waals surface area (Å²) in [7, 11) is 0. The van der Waals surface area contributed by atoms with Crippen molar-refractivity contribution in [2.75, 3.05) is 5.73 Å². The van der Waals surface area contributed by atoms with Crippen LogP contribution in [-0.2, 0) is 0 Å². The number of rotatable bonds is 2. The number of anilines is 1. The van der Waals surface area contributed by atoms with Crippen molar-refractivity contribution in [1.82, 2.24) is 0 Å². The average molecular weight is 301 g/mol. The van der Waals surface area contributed by atoms with E-state index in [1.807, 2.05) is 0 Å². The number of benzene rings is 2. The maximum absolute atomic E-state index is 12.3. The van der Waals surface area contributed by atoms with E-state index in [1.54, 1.807) is 30.3 Å². The first-order valence-electron chi connectivity index (χ1n) is 5.04. The fraction of sp³-hybridized carbons (Fsp3) is 0. The number of nitrogen functional groups attached to an aromatic ring is 1. The lowest BCUT2D eigenvalue weighted by Gasteiger charge is -2.07. The summed E-state index contributed by atoms with van der Waals surface area (Å²) in [5.41, 5.74) is 6.76. The van der Waals surface area contributed by atoms with Crippen LogP contribution in [0.4, 0.5) is 5.69 Å². The van der Waals surface area contributed by atoms with E-state index < -0.39 is 0 Å². The van der Waals surface area contributed by atoms with Crippen LogP contribution in [0, 0.1) is 0 Å². The third kappa shape index (κ3) is 2.46. The zero-order valence-electron chi connectivity index (χ0n) is 9.08. The SMILES string of the molecule is Nc1cccc(Cl)c1C(=O)c1ccc(Cl)c(Cl)c1. The smallest absolute Gasteiger partial charge is 0.196 e. The van der Waals surface area contributed by atoms with Crippen molar-refractivity contribution in [3.8, 4) is 0 Å². The molecule has 0 saturated carbocycles. The molecule has 0 aliphatic carbocycles. The zero-order chi connectivity index (χ0) is 13.3. The molecule has 0 bridgehead atoms. The van der Waals surface area contributed by atoms with E-state index in [4.69, 9.17) is 40.5 Å². The maximum atomic E-state index is 12.3. The van der Waals surface area contributed by atoms with Crippen LogP contribution in [0.5, 0.6) is 0 Å². The van der Waals surface area contributed by atoms with Gasteiger partial charge in [-0.05, 0) is 30.3 Å². The van der Waals surface area contributed by atoms with Crippen LogP contribution < -0.4 is 5.73 Å². The molecule has 2 rings (SSSR count). The van der Waals surface area contributed by atoms with Crippen LogP contribution in [0.15, 0.2) is 36.4 Å². The van der Waals surface area contributed by atoms with E-state index in [2.05, 4.69) is 0 Å². The second kappa shape index (κ2) is 5.19. The number of hydrogen-bond acceptors (Lipinski definition) is 2. The number of halogens is 3. The van der Waals surface area contributed by atoms with Gasteiger partial charge < -0.3 is 5.73 Å². The number of nitrogens with two attached hydrogens (primary N) is 1. The molecule has 2 N–H and O–H groups in total. The molecular formula is C13H8Cl3NO. The molecule has 0 aliphatic rings. The number of hydrogen-bond donors (Lipinski definition) is 1. The third-order valence-corrected chi connectivity index (χ3v) is 3.51. The lowest BCUT2D eigenvalue weighted by atomic mass is 10.0. The minimum absolute atomic E-state index is 0.276. The highest BCUT2D eigenvalue weighted by atomic mass is 35.5. The molecule has 5 heteroatoms. The summed E-state index contributed by atoms with van der Waals surface area (Å²) in [5, 5.41) is 1.01. The predicted molar refractivity (Wildman–Crippen MR) is 75.8 cm³/mol. The Labute approximate surface area is 119 Å². The quantitative estimate of drug-likeness (QED) is 0.657. The first kappa shape index (κ1) is 13.2.